The highest BCUT2D eigenvalue weighted by Crippen LogP contribution is 2.40. The van der Waals surface area contributed by atoms with Crippen molar-refractivity contribution in [2.24, 2.45) is 0 Å². The Balaban J connectivity index is 2.69. The predicted octanol–water partition coefficient (Wildman–Crippen LogP) is 3.55. The Morgan fingerprint density at radius 3 is 2.89 bits per heavy atom. The van der Waals surface area contributed by atoms with Crippen LogP contribution in [0.1, 0.15) is 22.2 Å². The third kappa shape index (κ3) is 2.10. The number of thiophene rings is 1. The fourth-order valence-corrected chi connectivity index (χ4v) is 3.36. The van der Waals surface area contributed by atoms with Crippen LogP contribution in [-0.2, 0) is 4.74 Å². The molecule has 2 heterocycles. The molecule has 2 rings (SSSR count). The number of aromatic nitrogens is 1. The summed E-state index contributed by atoms with van der Waals surface area (Å²) in [7, 11) is 1.57. The summed E-state index contributed by atoms with van der Waals surface area (Å²) in [6.07, 6.45) is 1.67. The summed E-state index contributed by atoms with van der Waals surface area (Å²) in [4.78, 5) is 16.6. The first-order chi connectivity index (χ1) is 8.60. The zero-order valence-electron chi connectivity index (χ0n) is 10.2. The first-order valence-electron chi connectivity index (χ1n) is 5.38. The van der Waals surface area contributed by atoms with Crippen LogP contribution in [-0.4, -0.2) is 24.7 Å². The van der Waals surface area contributed by atoms with Gasteiger partial charge in [0.25, 0.3) is 0 Å². The molecule has 0 atom stereocenters. The van der Waals surface area contributed by atoms with E-state index in [1.165, 1.54) is 11.3 Å². The van der Waals surface area contributed by atoms with E-state index in [2.05, 4.69) is 20.9 Å². The lowest BCUT2D eigenvalue weighted by Gasteiger charge is -2.02. The smallest absolute Gasteiger partial charge is 0.348 e. The summed E-state index contributed by atoms with van der Waals surface area (Å²) in [6, 6.07) is 0. The number of rotatable bonds is 3. The van der Waals surface area contributed by atoms with Crippen molar-refractivity contribution in [2.75, 3.05) is 13.7 Å². The molecule has 4 nitrogen and oxygen atoms in total. The third-order valence-corrected chi connectivity index (χ3v) is 4.70. The summed E-state index contributed by atoms with van der Waals surface area (Å²) < 4.78 is 12.1. The summed E-state index contributed by atoms with van der Waals surface area (Å²) in [5.41, 5.74) is 0.846. The van der Waals surface area contributed by atoms with Crippen LogP contribution in [0.4, 0.5) is 0 Å². The summed E-state index contributed by atoms with van der Waals surface area (Å²) in [5.74, 6) is 0.225. The number of esters is 1. The van der Waals surface area contributed by atoms with Gasteiger partial charge < -0.3 is 9.47 Å². The lowest BCUT2D eigenvalue weighted by molar-refractivity contribution is 0.0531. The fourth-order valence-electron chi connectivity index (χ4n) is 1.72. The molecule has 6 heteroatoms. The van der Waals surface area contributed by atoms with E-state index in [0.717, 1.165) is 20.1 Å². The highest BCUT2D eigenvalue weighted by Gasteiger charge is 2.21. The number of hydrogen-bond donors (Lipinski definition) is 0. The van der Waals surface area contributed by atoms with Crippen molar-refractivity contribution in [1.82, 2.24) is 4.98 Å². The standard InChI is InChI=1S/C12H12BrNO3S/c1-4-17-12(15)9-6(2)8-10(18-9)7(13)5-14-11(8)16-3/h5H,4H2,1-3H3. The molecule has 0 fully saturated rings. The van der Waals surface area contributed by atoms with E-state index in [1.54, 1.807) is 20.2 Å². The molecule has 0 radical (unpaired) electrons. The zero-order valence-corrected chi connectivity index (χ0v) is 12.6. The molecule has 18 heavy (non-hydrogen) atoms. The number of fused-ring (bicyclic) bond motifs is 1. The molecular formula is C12H12BrNO3S. The van der Waals surface area contributed by atoms with E-state index in [0.29, 0.717) is 17.4 Å². The largest absolute Gasteiger partial charge is 0.481 e. The minimum atomic E-state index is -0.301. The number of hydrogen-bond acceptors (Lipinski definition) is 5. The molecule has 2 aromatic rings. The zero-order chi connectivity index (χ0) is 13.3. The monoisotopic (exact) mass is 329 g/mol. The van der Waals surface area contributed by atoms with E-state index in [-0.39, 0.29) is 5.97 Å². The Kier molecular flexibility index (Phi) is 3.87. The molecule has 0 amide bonds. The number of carbonyl (C=O) groups is 1. The molecule has 96 valence electrons. The van der Waals surface area contributed by atoms with E-state index in [4.69, 9.17) is 9.47 Å². The van der Waals surface area contributed by atoms with Crippen molar-refractivity contribution < 1.29 is 14.3 Å². The maximum atomic E-state index is 11.9. The average Bonchev–Trinajstić information content (AvgIpc) is 2.70. The van der Waals surface area contributed by atoms with Crippen LogP contribution < -0.4 is 4.74 Å². The fraction of sp³-hybridized carbons (Fsp3) is 0.333. The minimum Gasteiger partial charge on any atom is -0.481 e. The van der Waals surface area contributed by atoms with Crippen LogP contribution >= 0.6 is 27.3 Å². The summed E-state index contributed by atoms with van der Waals surface area (Å²) in [5, 5.41) is 0.861. The number of aryl methyl sites for hydroxylation is 1. The molecule has 0 aliphatic heterocycles. The number of carbonyl (C=O) groups excluding carboxylic acids is 1. The Morgan fingerprint density at radius 1 is 1.56 bits per heavy atom. The normalized spacial score (nSPS) is 10.7. The van der Waals surface area contributed by atoms with E-state index >= 15 is 0 Å². The minimum absolute atomic E-state index is 0.301. The first-order valence-corrected chi connectivity index (χ1v) is 6.99. The van der Waals surface area contributed by atoms with Crippen LogP contribution in [0.5, 0.6) is 5.88 Å². The molecule has 0 saturated carbocycles. The summed E-state index contributed by atoms with van der Waals surface area (Å²) in [6.45, 7) is 4.03. The van der Waals surface area contributed by atoms with E-state index < -0.39 is 0 Å². The molecule has 0 aliphatic rings. The quantitative estimate of drug-likeness (QED) is 0.808. The van der Waals surface area contributed by atoms with Crippen molar-refractivity contribution >= 4 is 43.3 Å². The van der Waals surface area contributed by atoms with Crippen molar-refractivity contribution in [3.63, 3.8) is 0 Å². The van der Waals surface area contributed by atoms with Gasteiger partial charge in [-0.25, -0.2) is 9.78 Å². The molecule has 0 saturated heterocycles. The van der Waals surface area contributed by atoms with Gasteiger partial charge in [0, 0.05) is 6.20 Å². The van der Waals surface area contributed by atoms with Crippen molar-refractivity contribution in [2.45, 2.75) is 13.8 Å². The maximum Gasteiger partial charge on any atom is 0.348 e. The van der Waals surface area contributed by atoms with Gasteiger partial charge in [0.2, 0.25) is 5.88 Å². The Hall–Kier alpha value is -1.14. The molecular weight excluding hydrogens is 318 g/mol. The topological polar surface area (TPSA) is 48.4 Å². The van der Waals surface area contributed by atoms with Gasteiger partial charge in [-0.15, -0.1) is 11.3 Å². The average molecular weight is 330 g/mol. The lowest BCUT2D eigenvalue weighted by Crippen LogP contribution is -2.03. The lowest BCUT2D eigenvalue weighted by atomic mass is 10.2. The second-order valence-corrected chi connectivity index (χ2v) is 5.47. The van der Waals surface area contributed by atoms with Gasteiger partial charge in [0.05, 0.1) is 28.3 Å². The van der Waals surface area contributed by atoms with Crippen molar-refractivity contribution in [3.05, 3.63) is 21.1 Å². The molecule has 0 spiro atoms. The van der Waals surface area contributed by atoms with Crippen LogP contribution in [0.15, 0.2) is 10.7 Å². The first kappa shape index (κ1) is 13.3. The highest BCUT2D eigenvalue weighted by atomic mass is 79.9. The van der Waals surface area contributed by atoms with Crippen LogP contribution in [0.2, 0.25) is 0 Å². The Morgan fingerprint density at radius 2 is 2.28 bits per heavy atom. The molecule has 0 bridgehead atoms. The Labute approximate surface area is 117 Å². The van der Waals surface area contributed by atoms with Gasteiger partial charge >= 0.3 is 5.97 Å². The molecule has 0 N–H and O–H groups in total. The Bertz CT molecular complexity index is 609. The van der Waals surface area contributed by atoms with Gasteiger partial charge in [0.1, 0.15) is 4.88 Å². The number of nitrogens with zero attached hydrogens (tertiary/aromatic N) is 1. The van der Waals surface area contributed by atoms with Gasteiger partial charge in [-0.05, 0) is 35.3 Å². The number of methoxy groups -OCH3 is 1. The van der Waals surface area contributed by atoms with E-state index in [9.17, 15) is 4.79 Å². The van der Waals surface area contributed by atoms with Crippen molar-refractivity contribution in [1.29, 1.82) is 0 Å². The molecule has 0 aromatic carbocycles. The second kappa shape index (κ2) is 5.24. The second-order valence-electron chi connectivity index (χ2n) is 3.60. The predicted molar refractivity (Wildman–Crippen MR) is 74.6 cm³/mol. The van der Waals surface area contributed by atoms with Gasteiger partial charge in [-0.1, -0.05) is 0 Å². The SMILES string of the molecule is CCOC(=O)c1sc2c(Br)cnc(OC)c2c1C. The molecule has 2 aromatic heterocycles. The highest BCUT2D eigenvalue weighted by molar-refractivity contribution is 9.10. The van der Waals surface area contributed by atoms with Crippen molar-refractivity contribution in [3.8, 4) is 5.88 Å². The number of ether oxygens (including phenoxy) is 2. The van der Waals surface area contributed by atoms with Gasteiger partial charge in [-0.2, -0.15) is 0 Å². The van der Waals surface area contributed by atoms with E-state index in [1.807, 2.05) is 6.92 Å². The van der Waals surface area contributed by atoms with Gasteiger partial charge in [0.15, 0.2) is 0 Å². The van der Waals surface area contributed by atoms with Crippen LogP contribution in [0.25, 0.3) is 10.1 Å². The third-order valence-electron chi connectivity index (χ3n) is 2.53. The van der Waals surface area contributed by atoms with Gasteiger partial charge in [-0.3, -0.25) is 0 Å². The van der Waals surface area contributed by atoms with Crippen LogP contribution in [0.3, 0.4) is 0 Å². The van der Waals surface area contributed by atoms with Crippen LogP contribution in [0, 0.1) is 6.92 Å². The number of pyridine rings is 1. The molecule has 0 aliphatic carbocycles. The maximum absolute atomic E-state index is 11.9. The molecule has 0 unspecified atom stereocenters. The summed E-state index contributed by atoms with van der Waals surface area (Å²) >= 11 is 4.82. The number of halogens is 1.